The van der Waals surface area contributed by atoms with E-state index in [1.165, 1.54) is 6.33 Å². The molecule has 4 rings (SSSR count). The van der Waals surface area contributed by atoms with Gasteiger partial charge in [-0.3, -0.25) is 0 Å². The first-order chi connectivity index (χ1) is 12.8. The van der Waals surface area contributed by atoms with Crippen LogP contribution in [0.1, 0.15) is 5.56 Å². The molecule has 26 heavy (non-hydrogen) atoms. The van der Waals surface area contributed by atoms with E-state index in [9.17, 15) is 0 Å². The van der Waals surface area contributed by atoms with Gasteiger partial charge in [-0.25, -0.2) is 9.97 Å². The first kappa shape index (κ1) is 16.2. The highest BCUT2D eigenvalue weighted by molar-refractivity contribution is 5.95. The van der Waals surface area contributed by atoms with E-state index >= 15 is 0 Å². The normalized spacial score (nSPS) is 13.7. The van der Waals surface area contributed by atoms with Crippen LogP contribution in [-0.2, 0) is 0 Å². The Morgan fingerprint density at radius 2 is 2.12 bits per heavy atom. The first-order valence-corrected chi connectivity index (χ1v) is 8.40. The van der Waals surface area contributed by atoms with Crippen molar-refractivity contribution in [2.45, 2.75) is 6.04 Å². The van der Waals surface area contributed by atoms with E-state index in [-0.39, 0.29) is 0 Å². The second-order valence-corrected chi connectivity index (χ2v) is 6.14. The number of anilines is 3. The summed E-state index contributed by atoms with van der Waals surface area (Å²) >= 11 is 0. The van der Waals surface area contributed by atoms with Crippen LogP contribution in [0.4, 0.5) is 17.2 Å². The van der Waals surface area contributed by atoms with Gasteiger partial charge in [-0.1, -0.05) is 12.0 Å². The molecule has 1 saturated heterocycles. The Bertz CT molecular complexity index is 991. The third-order valence-electron chi connectivity index (χ3n) is 4.39. The Balaban J connectivity index is 1.74. The van der Waals surface area contributed by atoms with Crippen LogP contribution in [0.3, 0.4) is 0 Å². The van der Waals surface area contributed by atoms with Gasteiger partial charge < -0.3 is 20.7 Å². The van der Waals surface area contributed by atoms with Gasteiger partial charge in [0.1, 0.15) is 17.9 Å². The Labute approximate surface area is 152 Å². The van der Waals surface area contributed by atoms with Gasteiger partial charge >= 0.3 is 0 Å². The molecule has 2 heterocycles. The van der Waals surface area contributed by atoms with Crippen LogP contribution >= 0.6 is 0 Å². The monoisotopic (exact) mass is 345 g/mol. The third kappa shape index (κ3) is 3.13. The number of methoxy groups -OCH3 is 1. The van der Waals surface area contributed by atoms with Crippen LogP contribution in [0.2, 0.25) is 0 Å². The first-order valence-electron chi connectivity index (χ1n) is 8.40. The molecule has 130 valence electrons. The van der Waals surface area contributed by atoms with E-state index in [0.29, 0.717) is 6.04 Å². The summed E-state index contributed by atoms with van der Waals surface area (Å²) in [4.78, 5) is 8.79. The zero-order valence-corrected chi connectivity index (χ0v) is 14.4. The molecule has 0 bridgehead atoms. The summed E-state index contributed by atoms with van der Waals surface area (Å²) in [6.45, 7) is 1.88. The second kappa shape index (κ2) is 6.90. The second-order valence-electron chi connectivity index (χ2n) is 6.14. The fourth-order valence-electron chi connectivity index (χ4n) is 2.90. The lowest BCUT2D eigenvalue weighted by Gasteiger charge is -2.29. The highest BCUT2D eigenvalue weighted by Gasteiger charge is 2.19. The van der Waals surface area contributed by atoms with Gasteiger partial charge in [0.05, 0.1) is 24.4 Å². The lowest BCUT2D eigenvalue weighted by Crippen LogP contribution is -2.51. The van der Waals surface area contributed by atoms with Gasteiger partial charge in [0.15, 0.2) is 0 Å². The number of aromatic nitrogens is 2. The molecule has 0 spiro atoms. The van der Waals surface area contributed by atoms with Gasteiger partial charge in [0.25, 0.3) is 0 Å². The number of ether oxygens (including phenoxy) is 1. The van der Waals surface area contributed by atoms with Crippen molar-refractivity contribution in [1.82, 2.24) is 15.3 Å². The molecule has 0 unspecified atom stereocenters. The highest BCUT2D eigenvalue weighted by atomic mass is 16.5. The van der Waals surface area contributed by atoms with Gasteiger partial charge in [-0.2, -0.15) is 0 Å². The molecule has 6 heteroatoms. The van der Waals surface area contributed by atoms with Crippen molar-refractivity contribution in [2.24, 2.45) is 0 Å². The predicted octanol–water partition coefficient (Wildman–Crippen LogP) is 2.75. The molecule has 1 fully saturated rings. The van der Waals surface area contributed by atoms with Gasteiger partial charge in [0, 0.05) is 35.8 Å². The summed E-state index contributed by atoms with van der Waals surface area (Å²) < 4.78 is 5.53. The zero-order chi connectivity index (χ0) is 17.9. The van der Waals surface area contributed by atoms with E-state index in [1.54, 1.807) is 7.11 Å². The summed E-state index contributed by atoms with van der Waals surface area (Å²) in [7, 11) is 1.66. The minimum atomic E-state index is 0.398. The summed E-state index contributed by atoms with van der Waals surface area (Å²) in [6, 6.07) is 12.0. The van der Waals surface area contributed by atoms with Gasteiger partial charge in [0.2, 0.25) is 0 Å². The van der Waals surface area contributed by atoms with Crippen molar-refractivity contribution in [2.75, 3.05) is 30.8 Å². The van der Waals surface area contributed by atoms with Crippen LogP contribution in [-0.4, -0.2) is 36.2 Å². The van der Waals surface area contributed by atoms with E-state index in [2.05, 4.69) is 31.8 Å². The van der Waals surface area contributed by atoms with Crippen LogP contribution in [0.15, 0.2) is 42.7 Å². The minimum absolute atomic E-state index is 0.398. The fraction of sp³-hybridized carbons (Fsp3) is 0.200. The molecule has 0 saturated carbocycles. The molecule has 3 N–H and O–H groups in total. The maximum atomic E-state index is 5.53. The largest absolute Gasteiger partial charge is 0.495 e. The average molecular weight is 345 g/mol. The topological polar surface area (TPSA) is 71.1 Å². The van der Waals surface area contributed by atoms with Crippen molar-refractivity contribution in [3.63, 3.8) is 0 Å². The quantitative estimate of drug-likeness (QED) is 0.618. The van der Waals surface area contributed by atoms with E-state index in [0.717, 1.165) is 52.5 Å². The van der Waals surface area contributed by atoms with Crippen LogP contribution in [0.25, 0.3) is 10.9 Å². The minimum Gasteiger partial charge on any atom is -0.495 e. The van der Waals surface area contributed by atoms with Crippen molar-refractivity contribution in [3.05, 3.63) is 48.3 Å². The van der Waals surface area contributed by atoms with Gasteiger partial charge in [-0.05, 0) is 24.3 Å². The highest BCUT2D eigenvalue weighted by Crippen LogP contribution is 2.33. The predicted molar refractivity (Wildman–Crippen MR) is 104 cm³/mol. The number of hydrogen-bond acceptors (Lipinski definition) is 6. The average Bonchev–Trinajstić information content (AvgIpc) is 2.64. The van der Waals surface area contributed by atoms with Crippen LogP contribution in [0.5, 0.6) is 5.75 Å². The van der Waals surface area contributed by atoms with Crippen molar-refractivity contribution >= 4 is 28.1 Å². The third-order valence-corrected chi connectivity index (χ3v) is 4.39. The molecule has 0 amide bonds. The molecule has 0 aliphatic carbocycles. The van der Waals surface area contributed by atoms with E-state index < -0.39 is 0 Å². The van der Waals surface area contributed by atoms with Crippen LogP contribution < -0.4 is 20.7 Å². The van der Waals surface area contributed by atoms with E-state index in [1.807, 2.05) is 36.4 Å². The lowest BCUT2D eigenvalue weighted by molar-refractivity contribution is 0.413. The summed E-state index contributed by atoms with van der Waals surface area (Å²) in [6.07, 6.45) is 7.03. The van der Waals surface area contributed by atoms with Crippen molar-refractivity contribution < 1.29 is 4.74 Å². The Morgan fingerprint density at radius 1 is 1.23 bits per heavy atom. The number of benzene rings is 2. The maximum Gasteiger partial charge on any atom is 0.144 e. The van der Waals surface area contributed by atoms with Crippen LogP contribution in [0, 0.1) is 12.3 Å². The molecular formula is C20H19N5O. The summed E-state index contributed by atoms with van der Waals surface area (Å²) in [5.74, 6) is 4.13. The summed E-state index contributed by atoms with van der Waals surface area (Å²) in [5.41, 5.74) is 3.44. The molecule has 1 aliphatic heterocycles. The Kier molecular flexibility index (Phi) is 4.30. The number of fused-ring (bicyclic) bond motifs is 1. The summed E-state index contributed by atoms with van der Waals surface area (Å²) in [5, 5.41) is 11.0. The molecule has 1 aromatic heterocycles. The zero-order valence-electron chi connectivity index (χ0n) is 14.4. The molecule has 0 atom stereocenters. The van der Waals surface area contributed by atoms with E-state index in [4.69, 9.17) is 11.2 Å². The lowest BCUT2D eigenvalue weighted by atomic mass is 10.1. The number of terminal acetylenes is 1. The number of hydrogen-bond donors (Lipinski definition) is 3. The fourth-order valence-corrected chi connectivity index (χ4v) is 2.90. The molecule has 6 nitrogen and oxygen atoms in total. The van der Waals surface area contributed by atoms with Crippen molar-refractivity contribution in [1.29, 1.82) is 0 Å². The standard InChI is InChI=1S/C20H19N5O/c1-3-13-5-4-6-14(7-13)25-20-16-8-18(24-15-10-21-11-15)19(26-2)9-17(16)22-12-23-20/h1,4-9,12,15,21,24H,10-11H2,2H3,(H,22,23,25). The number of nitrogens with one attached hydrogen (secondary N) is 3. The Morgan fingerprint density at radius 3 is 2.85 bits per heavy atom. The number of rotatable bonds is 5. The van der Waals surface area contributed by atoms with Crippen molar-refractivity contribution in [3.8, 4) is 18.1 Å². The SMILES string of the molecule is C#Cc1cccc(Nc2ncnc3cc(OC)c(NC4CNC4)cc23)c1. The molecule has 2 aromatic carbocycles. The Hall–Kier alpha value is -3.30. The maximum absolute atomic E-state index is 5.53. The number of nitrogens with zero attached hydrogens (tertiary/aromatic N) is 2. The molecule has 3 aromatic rings. The molecular weight excluding hydrogens is 326 g/mol. The van der Waals surface area contributed by atoms with Gasteiger partial charge in [-0.15, -0.1) is 6.42 Å². The molecule has 1 aliphatic rings. The molecule has 0 radical (unpaired) electrons. The smallest absolute Gasteiger partial charge is 0.144 e.